The van der Waals surface area contributed by atoms with E-state index in [2.05, 4.69) is 5.32 Å². The van der Waals surface area contributed by atoms with Gasteiger partial charge in [-0.05, 0) is 43.0 Å². The first kappa shape index (κ1) is 24.5. The van der Waals surface area contributed by atoms with Gasteiger partial charge in [0.2, 0.25) is 5.91 Å². The topological polar surface area (TPSA) is 130 Å². The van der Waals surface area contributed by atoms with Crippen molar-refractivity contribution in [3.05, 3.63) is 44.8 Å². The molecule has 1 aromatic carbocycles. The third-order valence-corrected chi connectivity index (χ3v) is 5.83. The summed E-state index contributed by atoms with van der Waals surface area (Å²) in [5.41, 5.74) is 0.666. The highest BCUT2D eigenvalue weighted by molar-refractivity contribution is 8.26. The van der Waals surface area contributed by atoms with Gasteiger partial charge in [-0.25, -0.2) is 0 Å². The number of nitrogens with zero attached hydrogens (tertiary/aromatic N) is 2. The van der Waals surface area contributed by atoms with E-state index in [1.54, 1.807) is 18.2 Å². The fourth-order valence-corrected chi connectivity index (χ4v) is 4.13. The van der Waals surface area contributed by atoms with Crippen LogP contribution in [-0.2, 0) is 14.4 Å². The van der Waals surface area contributed by atoms with E-state index in [1.807, 2.05) is 0 Å². The maximum atomic E-state index is 12.6. The number of thioether (sulfide) groups is 1. The van der Waals surface area contributed by atoms with Gasteiger partial charge in [-0.1, -0.05) is 30.4 Å². The molecule has 166 valence electrons. The molecule has 1 aromatic rings. The van der Waals surface area contributed by atoms with Gasteiger partial charge in [-0.15, -0.1) is 0 Å². The number of rotatable bonds is 12. The Labute approximate surface area is 189 Å². The van der Waals surface area contributed by atoms with Gasteiger partial charge in [0.05, 0.1) is 9.83 Å². The van der Waals surface area contributed by atoms with Gasteiger partial charge in [-0.3, -0.25) is 29.4 Å². The van der Waals surface area contributed by atoms with Crippen molar-refractivity contribution < 1.29 is 24.4 Å². The fraction of sp³-hybridized carbons (Fsp3) is 0.400. The molecule has 1 aliphatic heterocycles. The molecule has 2 rings (SSSR count). The van der Waals surface area contributed by atoms with Gasteiger partial charge >= 0.3 is 5.97 Å². The summed E-state index contributed by atoms with van der Waals surface area (Å²) in [6, 6.07) is 5.93. The second-order valence-electron chi connectivity index (χ2n) is 6.84. The van der Waals surface area contributed by atoms with E-state index in [0.29, 0.717) is 53.6 Å². The van der Waals surface area contributed by atoms with Gasteiger partial charge in [0.25, 0.3) is 11.6 Å². The summed E-state index contributed by atoms with van der Waals surface area (Å²) >= 11 is 6.49. The van der Waals surface area contributed by atoms with Crippen LogP contribution in [0.25, 0.3) is 6.08 Å². The Morgan fingerprint density at radius 3 is 2.52 bits per heavy atom. The average Bonchev–Trinajstić information content (AvgIpc) is 2.98. The first-order chi connectivity index (χ1) is 14.8. The van der Waals surface area contributed by atoms with Crippen LogP contribution in [0.5, 0.6) is 0 Å². The molecule has 2 amide bonds. The second kappa shape index (κ2) is 12.2. The number of amides is 2. The zero-order chi connectivity index (χ0) is 22.8. The minimum Gasteiger partial charge on any atom is -0.481 e. The number of carboxylic acids is 1. The second-order valence-corrected chi connectivity index (χ2v) is 8.52. The van der Waals surface area contributed by atoms with Gasteiger partial charge < -0.3 is 10.4 Å². The van der Waals surface area contributed by atoms with Crippen molar-refractivity contribution in [3.63, 3.8) is 0 Å². The summed E-state index contributed by atoms with van der Waals surface area (Å²) < 4.78 is 0.467. The Bertz CT molecular complexity index is 885. The number of aliphatic carboxylic acids is 1. The Morgan fingerprint density at radius 2 is 1.87 bits per heavy atom. The Kier molecular flexibility index (Phi) is 9.60. The highest BCUT2D eigenvalue weighted by atomic mass is 32.2. The molecule has 31 heavy (non-hydrogen) atoms. The van der Waals surface area contributed by atoms with Gasteiger partial charge in [0.15, 0.2) is 0 Å². The number of benzene rings is 1. The normalized spacial score (nSPS) is 14.8. The summed E-state index contributed by atoms with van der Waals surface area (Å²) in [5, 5.41) is 22.0. The summed E-state index contributed by atoms with van der Waals surface area (Å²) in [6.07, 6.45) is 4.57. The maximum Gasteiger partial charge on any atom is 0.303 e. The number of carbonyl (C=O) groups excluding carboxylic acids is 2. The van der Waals surface area contributed by atoms with E-state index < -0.39 is 10.9 Å². The van der Waals surface area contributed by atoms with E-state index in [0.717, 1.165) is 6.42 Å². The molecule has 0 aliphatic carbocycles. The minimum absolute atomic E-state index is 0.0151. The molecule has 2 N–H and O–H groups in total. The molecule has 0 bridgehead atoms. The number of carbonyl (C=O) groups is 3. The SMILES string of the molecule is O=C(O)CCCNC(=O)CCCCCN1C(=O)/C(=C/c2ccc([N+](=O)[O-])cc2)SC1=S. The Balaban J connectivity index is 1.72. The van der Waals surface area contributed by atoms with Crippen LogP contribution in [0.3, 0.4) is 0 Å². The maximum absolute atomic E-state index is 12.6. The lowest BCUT2D eigenvalue weighted by Gasteiger charge is -2.14. The van der Waals surface area contributed by atoms with Crippen LogP contribution in [0, 0.1) is 10.1 Å². The summed E-state index contributed by atoms with van der Waals surface area (Å²) in [7, 11) is 0. The highest BCUT2D eigenvalue weighted by Crippen LogP contribution is 2.33. The number of nitro benzene ring substituents is 1. The third kappa shape index (κ3) is 8.10. The van der Waals surface area contributed by atoms with Crippen LogP contribution in [0.15, 0.2) is 29.2 Å². The van der Waals surface area contributed by atoms with Gasteiger partial charge in [0, 0.05) is 38.1 Å². The number of hydrogen-bond donors (Lipinski definition) is 2. The van der Waals surface area contributed by atoms with E-state index in [-0.39, 0.29) is 23.9 Å². The van der Waals surface area contributed by atoms with Gasteiger partial charge in [0.1, 0.15) is 4.32 Å². The smallest absolute Gasteiger partial charge is 0.303 e. The number of non-ortho nitro benzene ring substituents is 1. The molecule has 1 saturated heterocycles. The van der Waals surface area contributed by atoms with E-state index in [4.69, 9.17) is 17.3 Å². The van der Waals surface area contributed by atoms with Crippen molar-refractivity contribution in [3.8, 4) is 0 Å². The van der Waals surface area contributed by atoms with Crippen molar-refractivity contribution in [1.82, 2.24) is 10.2 Å². The molecule has 1 heterocycles. The summed E-state index contributed by atoms with van der Waals surface area (Å²) in [5.74, 6) is -1.18. The van der Waals surface area contributed by atoms with Crippen LogP contribution < -0.4 is 5.32 Å². The van der Waals surface area contributed by atoms with Crippen LogP contribution in [0.2, 0.25) is 0 Å². The van der Waals surface area contributed by atoms with E-state index in [9.17, 15) is 24.5 Å². The third-order valence-electron chi connectivity index (χ3n) is 4.45. The molecule has 0 atom stereocenters. The van der Waals surface area contributed by atoms with Crippen molar-refractivity contribution in [2.45, 2.75) is 38.5 Å². The first-order valence-corrected chi connectivity index (χ1v) is 11.0. The molecule has 0 saturated carbocycles. The summed E-state index contributed by atoms with van der Waals surface area (Å²) in [4.78, 5) is 47.0. The monoisotopic (exact) mass is 465 g/mol. The lowest BCUT2D eigenvalue weighted by molar-refractivity contribution is -0.384. The standard InChI is InChI=1S/C20H23N3O6S2/c24-17(21-11-4-6-18(25)26)5-2-1-3-12-22-19(27)16(31-20(22)30)13-14-7-9-15(10-8-14)23(28)29/h7-10,13H,1-6,11-12H2,(H,21,24)(H,25,26)/b16-13-. The molecule has 0 unspecified atom stereocenters. The zero-order valence-corrected chi connectivity index (χ0v) is 18.4. The molecule has 1 fully saturated rings. The number of hydrogen-bond acceptors (Lipinski definition) is 7. The van der Waals surface area contributed by atoms with Crippen LogP contribution in [0.4, 0.5) is 5.69 Å². The number of thiocarbonyl (C=S) groups is 1. The van der Waals surface area contributed by atoms with Crippen molar-refractivity contribution in [1.29, 1.82) is 0 Å². The zero-order valence-electron chi connectivity index (χ0n) is 16.7. The number of unbranched alkanes of at least 4 members (excludes halogenated alkanes) is 2. The van der Waals surface area contributed by atoms with Crippen LogP contribution >= 0.6 is 24.0 Å². The minimum atomic E-state index is -0.882. The lowest BCUT2D eigenvalue weighted by atomic mass is 10.1. The molecule has 0 spiro atoms. The quantitative estimate of drug-likeness (QED) is 0.158. The largest absolute Gasteiger partial charge is 0.481 e. The average molecular weight is 466 g/mol. The predicted molar refractivity (Wildman–Crippen MR) is 121 cm³/mol. The molecule has 0 aromatic heterocycles. The van der Waals surface area contributed by atoms with Crippen LogP contribution in [-0.4, -0.2) is 50.1 Å². The molecule has 11 heteroatoms. The summed E-state index contributed by atoms with van der Waals surface area (Å²) in [6.45, 7) is 0.811. The van der Waals surface area contributed by atoms with Gasteiger partial charge in [-0.2, -0.15) is 0 Å². The van der Waals surface area contributed by atoms with Crippen molar-refractivity contribution in [2.24, 2.45) is 0 Å². The Morgan fingerprint density at radius 1 is 1.16 bits per heavy atom. The fourth-order valence-electron chi connectivity index (χ4n) is 2.82. The van der Waals surface area contributed by atoms with Crippen molar-refractivity contribution >= 4 is 57.8 Å². The number of nitrogens with one attached hydrogen (secondary N) is 1. The molecular weight excluding hydrogens is 442 g/mol. The van der Waals surface area contributed by atoms with E-state index in [1.165, 1.54) is 28.8 Å². The van der Waals surface area contributed by atoms with Crippen molar-refractivity contribution in [2.75, 3.05) is 13.1 Å². The number of carboxylic acid groups (broad SMARTS) is 1. The predicted octanol–water partition coefficient (Wildman–Crippen LogP) is 3.34. The molecule has 9 nitrogen and oxygen atoms in total. The number of nitro groups is 1. The van der Waals surface area contributed by atoms with E-state index >= 15 is 0 Å². The molecule has 0 radical (unpaired) electrons. The highest BCUT2D eigenvalue weighted by Gasteiger charge is 2.31. The molecular formula is C20H23N3O6S2. The first-order valence-electron chi connectivity index (χ1n) is 9.76. The molecule has 1 aliphatic rings. The Hall–Kier alpha value is -2.79. The lowest BCUT2D eigenvalue weighted by Crippen LogP contribution is -2.29. The van der Waals surface area contributed by atoms with Crippen LogP contribution in [0.1, 0.15) is 44.1 Å².